The zero-order valence-corrected chi connectivity index (χ0v) is 13.7. The Morgan fingerprint density at radius 1 is 1.12 bits per heavy atom. The predicted molar refractivity (Wildman–Crippen MR) is 93.7 cm³/mol. The van der Waals surface area contributed by atoms with E-state index < -0.39 is 0 Å². The number of hydrogen-bond donors (Lipinski definition) is 1. The minimum absolute atomic E-state index is 0.0420. The second kappa shape index (κ2) is 6.66. The average molecular weight is 321 g/mol. The number of amides is 1. The molecule has 0 aliphatic rings. The van der Waals surface area contributed by atoms with Crippen molar-refractivity contribution in [3.8, 4) is 0 Å². The van der Waals surface area contributed by atoms with Gasteiger partial charge >= 0.3 is 0 Å². The molecule has 0 fully saturated rings. The SMILES string of the molecule is Cc1nc2ccccc2c(=O)n1CC(=O)N[C@@H](C)c1ccccc1. The molecule has 5 nitrogen and oxygen atoms in total. The molecule has 0 aliphatic heterocycles. The van der Waals surface area contributed by atoms with Gasteiger partial charge in [-0.2, -0.15) is 0 Å². The molecule has 0 aliphatic carbocycles. The Balaban J connectivity index is 1.82. The Morgan fingerprint density at radius 3 is 2.54 bits per heavy atom. The molecule has 0 radical (unpaired) electrons. The quantitative estimate of drug-likeness (QED) is 0.803. The highest BCUT2D eigenvalue weighted by molar-refractivity contribution is 5.79. The average Bonchev–Trinajstić information content (AvgIpc) is 2.59. The van der Waals surface area contributed by atoms with Gasteiger partial charge in [0.1, 0.15) is 12.4 Å². The van der Waals surface area contributed by atoms with Crippen LogP contribution in [0.5, 0.6) is 0 Å². The van der Waals surface area contributed by atoms with Crippen LogP contribution in [0.1, 0.15) is 24.4 Å². The number of benzene rings is 2. The Hall–Kier alpha value is -2.95. The van der Waals surface area contributed by atoms with Crippen molar-refractivity contribution in [1.29, 1.82) is 0 Å². The molecule has 24 heavy (non-hydrogen) atoms. The Bertz CT molecular complexity index is 932. The van der Waals surface area contributed by atoms with Crippen LogP contribution in [-0.4, -0.2) is 15.5 Å². The second-order valence-electron chi connectivity index (χ2n) is 5.77. The van der Waals surface area contributed by atoms with Crippen LogP contribution in [0.15, 0.2) is 59.4 Å². The summed E-state index contributed by atoms with van der Waals surface area (Å²) in [7, 11) is 0. The molecule has 0 spiro atoms. The van der Waals surface area contributed by atoms with Crippen molar-refractivity contribution in [1.82, 2.24) is 14.9 Å². The molecule has 5 heteroatoms. The maximum atomic E-state index is 12.6. The van der Waals surface area contributed by atoms with Crippen molar-refractivity contribution < 1.29 is 4.79 Å². The highest BCUT2D eigenvalue weighted by Crippen LogP contribution is 2.11. The third-order valence-corrected chi connectivity index (χ3v) is 4.03. The molecule has 0 saturated heterocycles. The molecule has 1 amide bonds. The van der Waals surface area contributed by atoms with E-state index in [1.807, 2.05) is 43.3 Å². The van der Waals surface area contributed by atoms with Crippen molar-refractivity contribution in [2.45, 2.75) is 26.4 Å². The number of fused-ring (bicyclic) bond motifs is 1. The van der Waals surface area contributed by atoms with Gasteiger partial charge < -0.3 is 5.32 Å². The summed E-state index contributed by atoms with van der Waals surface area (Å²) >= 11 is 0. The van der Waals surface area contributed by atoms with Crippen LogP contribution in [-0.2, 0) is 11.3 Å². The Labute approximate surface area is 140 Å². The standard InChI is InChI=1S/C19H19N3O2/c1-13(15-8-4-3-5-9-15)20-18(23)12-22-14(2)21-17-11-7-6-10-16(17)19(22)24/h3-11,13H,12H2,1-2H3,(H,20,23)/t13-/m0/s1. The summed E-state index contributed by atoms with van der Waals surface area (Å²) in [5, 5.41) is 3.44. The molecule has 3 aromatic rings. The molecule has 1 atom stereocenters. The highest BCUT2D eigenvalue weighted by Gasteiger charge is 2.13. The summed E-state index contributed by atoms with van der Waals surface area (Å²) < 4.78 is 1.41. The monoisotopic (exact) mass is 321 g/mol. The zero-order chi connectivity index (χ0) is 17.1. The second-order valence-corrected chi connectivity index (χ2v) is 5.77. The summed E-state index contributed by atoms with van der Waals surface area (Å²) in [6.07, 6.45) is 0. The lowest BCUT2D eigenvalue weighted by Gasteiger charge is -2.16. The van der Waals surface area contributed by atoms with Gasteiger partial charge in [0.15, 0.2) is 0 Å². The van der Waals surface area contributed by atoms with Crippen molar-refractivity contribution in [2.24, 2.45) is 0 Å². The molecule has 0 saturated carbocycles. The van der Waals surface area contributed by atoms with E-state index in [4.69, 9.17) is 0 Å². The first kappa shape index (κ1) is 15.9. The molecular formula is C19H19N3O2. The van der Waals surface area contributed by atoms with E-state index in [1.54, 1.807) is 25.1 Å². The van der Waals surface area contributed by atoms with E-state index in [0.29, 0.717) is 16.7 Å². The zero-order valence-electron chi connectivity index (χ0n) is 13.7. The number of rotatable bonds is 4. The van der Waals surface area contributed by atoms with Gasteiger partial charge in [-0.3, -0.25) is 14.2 Å². The van der Waals surface area contributed by atoms with Gasteiger partial charge in [0.2, 0.25) is 5.91 Å². The third-order valence-electron chi connectivity index (χ3n) is 4.03. The molecular weight excluding hydrogens is 302 g/mol. The number of nitrogens with zero attached hydrogens (tertiary/aromatic N) is 2. The fraction of sp³-hybridized carbons (Fsp3) is 0.211. The van der Waals surface area contributed by atoms with E-state index in [-0.39, 0.29) is 24.1 Å². The molecule has 122 valence electrons. The number of aromatic nitrogens is 2. The maximum absolute atomic E-state index is 12.6. The number of aryl methyl sites for hydroxylation is 1. The largest absolute Gasteiger partial charge is 0.348 e. The minimum Gasteiger partial charge on any atom is -0.348 e. The molecule has 2 aromatic carbocycles. The van der Waals surface area contributed by atoms with Crippen LogP contribution in [0.25, 0.3) is 10.9 Å². The maximum Gasteiger partial charge on any atom is 0.261 e. The van der Waals surface area contributed by atoms with Gasteiger partial charge in [0.25, 0.3) is 5.56 Å². The highest BCUT2D eigenvalue weighted by atomic mass is 16.2. The smallest absolute Gasteiger partial charge is 0.261 e. The van der Waals surface area contributed by atoms with Crippen molar-refractivity contribution in [3.63, 3.8) is 0 Å². The van der Waals surface area contributed by atoms with Crippen LogP contribution in [0, 0.1) is 6.92 Å². The fourth-order valence-corrected chi connectivity index (χ4v) is 2.72. The fourth-order valence-electron chi connectivity index (χ4n) is 2.72. The summed E-state index contributed by atoms with van der Waals surface area (Å²) in [6, 6.07) is 16.7. The van der Waals surface area contributed by atoms with Crippen LogP contribution in [0.4, 0.5) is 0 Å². The van der Waals surface area contributed by atoms with E-state index >= 15 is 0 Å². The summed E-state index contributed by atoms with van der Waals surface area (Å²) in [6.45, 7) is 3.61. The first-order valence-electron chi connectivity index (χ1n) is 7.87. The number of para-hydroxylation sites is 1. The Morgan fingerprint density at radius 2 is 1.79 bits per heavy atom. The lowest BCUT2D eigenvalue weighted by Crippen LogP contribution is -2.35. The molecule has 0 unspecified atom stereocenters. The predicted octanol–water partition coefficient (Wildman–Crippen LogP) is 2.58. The topological polar surface area (TPSA) is 64.0 Å². The van der Waals surface area contributed by atoms with E-state index in [2.05, 4.69) is 10.3 Å². The van der Waals surface area contributed by atoms with Crippen LogP contribution < -0.4 is 10.9 Å². The van der Waals surface area contributed by atoms with E-state index in [1.165, 1.54) is 4.57 Å². The summed E-state index contributed by atoms with van der Waals surface area (Å²) in [4.78, 5) is 29.3. The minimum atomic E-state index is -0.214. The third kappa shape index (κ3) is 3.20. The molecule has 0 bridgehead atoms. The lowest BCUT2D eigenvalue weighted by molar-refractivity contribution is -0.122. The van der Waals surface area contributed by atoms with Gasteiger partial charge in [-0.05, 0) is 31.5 Å². The molecule has 1 aromatic heterocycles. The first-order valence-corrected chi connectivity index (χ1v) is 7.87. The van der Waals surface area contributed by atoms with Gasteiger partial charge in [0, 0.05) is 0 Å². The van der Waals surface area contributed by atoms with Gasteiger partial charge in [-0.15, -0.1) is 0 Å². The van der Waals surface area contributed by atoms with Crippen molar-refractivity contribution in [2.75, 3.05) is 0 Å². The number of carbonyl (C=O) groups is 1. The van der Waals surface area contributed by atoms with Gasteiger partial charge in [0.05, 0.1) is 16.9 Å². The molecule has 1 N–H and O–H groups in total. The molecule has 3 rings (SSSR count). The number of nitrogens with one attached hydrogen (secondary N) is 1. The van der Waals surface area contributed by atoms with Crippen LogP contribution >= 0.6 is 0 Å². The first-order chi connectivity index (χ1) is 11.6. The van der Waals surface area contributed by atoms with Crippen LogP contribution in [0.2, 0.25) is 0 Å². The van der Waals surface area contributed by atoms with E-state index in [9.17, 15) is 9.59 Å². The van der Waals surface area contributed by atoms with E-state index in [0.717, 1.165) is 5.56 Å². The van der Waals surface area contributed by atoms with Gasteiger partial charge in [-0.1, -0.05) is 42.5 Å². The molecule has 1 heterocycles. The van der Waals surface area contributed by atoms with Crippen LogP contribution in [0.3, 0.4) is 0 Å². The van der Waals surface area contributed by atoms with Crippen molar-refractivity contribution in [3.05, 3.63) is 76.3 Å². The summed E-state index contributed by atoms with van der Waals surface area (Å²) in [5.74, 6) is 0.315. The lowest BCUT2D eigenvalue weighted by atomic mass is 10.1. The van der Waals surface area contributed by atoms with Gasteiger partial charge in [-0.25, -0.2) is 4.98 Å². The van der Waals surface area contributed by atoms with Crippen molar-refractivity contribution >= 4 is 16.8 Å². The number of carbonyl (C=O) groups excluding carboxylic acids is 1. The Kier molecular flexibility index (Phi) is 4.42. The summed E-state index contributed by atoms with van der Waals surface area (Å²) in [5.41, 5.74) is 1.47. The number of hydrogen-bond acceptors (Lipinski definition) is 3. The normalized spacial score (nSPS) is 12.1.